The number of hydrogen-bond donors (Lipinski definition) is 1. The predicted octanol–water partition coefficient (Wildman–Crippen LogP) is 3.66. The molecular formula is C16H19NO3. The molecule has 1 aromatic carbocycles. The number of carboxylic acids is 1. The van der Waals surface area contributed by atoms with Crippen molar-refractivity contribution < 1.29 is 14.4 Å². The Labute approximate surface area is 118 Å². The third-order valence-electron chi connectivity index (χ3n) is 3.19. The lowest BCUT2D eigenvalue weighted by molar-refractivity contribution is -0.136. The number of hydrogen-bond acceptors (Lipinski definition) is 3. The van der Waals surface area contributed by atoms with Gasteiger partial charge in [0, 0.05) is 18.1 Å². The van der Waals surface area contributed by atoms with E-state index >= 15 is 0 Å². The van der Waals surface area contributed by atoms with Crippen LogP contribution in [0, 0.1) is 0 Å². The lowest BCUT2D eigenvalue weighted by atomic mass is 9.86. The molecule has 0 unspecified atom stereocenters. The fourth-order valence-corrected chi connectivity index (χ4v) is 1.94. The van der Waals surface area contributed by atoms with Gasteiger partial charge in [-0.3, -0.25) is 4.79 Å². The maximum atomic E-state index is 10.5. The summed E-state index contributed by atoms with van der Waals surface area (Å²) in [7, 11) is 0. The Kier molecular flexibility index (Phi) is 3.93. The number of nitrogens with zero attached hydrogens (tertiary/aromatic N) is 1. The van der Waals surface area contributed by atoms with Gasteiger partial charge in [0.05, 0.1) is 12.1 Å². The third-order valence-corrected chi connectivity index (χ3v) is 3.19. The van der Waals surface area contributed by atoms with Gasteiger partial charge in [0.25, 0.3) is 0 Å². The number of carbonyl (C=O) groups is 1. The van der Waals surface area contributed by atoms with Crippen LogP contribution in [0.2, 0.25) is 0 Å². The van der Waals surface area contributed by atoms with Crippen molar-refractivity contribution in [2.24, 2.45) is 0 Å². The topological polar surface area (TPSA) is 63.3 Å². The molecule has 4 nitrogen and oxygen atoms in total. The van der Waals surface area contributed by atoms with Gasteiger partial charge in [-0.25, -0.2) is 0 Å². The van der Waals surface area contributed by atoms with E-state index in [1.54, 1.807) is 6.07 Å². The normalized spacial score (nSPS) is 11.6. The Morgan fingerprint density at radius 2 is 1.90 bits per heavy atom. The summed E-state index contributed by atoms with van der Waals surface area (Å²) in [5.41, 5.74) is 2.99. The Morgan fingerprint density at radius 1 is 1.25 bits per heavy atom. The van der Waals surface area contributed by atoms with Crippen molar-refractivity contribution in [1.82, 2.24) is 5.16 Å². The summed E-state index contributed by atoms with van der Waals surface area (Å²) in [6.07, 6.45) is 0.452. The molecule has 20 heavy (non-hydrogen) atoms. The number of aryl methyl sites for hydroxylation is 1. The highest BCUT2D eigenvalue weighted by atomic mass is 16.5. The summed E-state index contributed by atoms with van der Waals surface area (Å²) < 4.78 is 5.27. The summed E-state index contributed by atoms with van der Waals surface area (Å²) >= 11 is 0. The highest BCUT2D eigenvalue weighted by Crippen LogP contribution is 2.26. The van der Waals surface area contributed by atoms with Crippen LogP contribution in [-0.2, 0) is 16.6 Å². The van der Waals surface area contributed by atoms with Crippen molar-refractivity contribution in [1.29, 1.82) is 0 Å². The molecule has 0 fully saturated rings. The number of aliphatic carboxylic acids is 1. The van der Waals surface area contributed by atoms with Crippen LogP contribution in [0.5, 0.6) is 0 Å². The van der Waals surface area contributed by atoms with E-state index in [4.69, 9.17) is 9.63 Å². The fourth-order valence-electron chi connectivity index (χ4n) is 1.94. The van der Waals surface area contributed by atoms with Crippen LogP contribution in [0.25, 0.3) is 11.3 Å². The molecule has 0 aliphatic carbocycles. The highest BCUT2D eigenvalue weighted by molar-refractivity contribution is 5.67. The van der Waals surface area contributed by atoms with Crippen molar-refractivity contribution >= 4 is 5.97 Å². The predicted molar refractivity (Wildman–Crippen MR) is 76.6 cm³/mol. The molecule has 0 atom stereocenters. The number of benzene rings is 1. The minimum atomic E-state index is -0.830. The van der Waals surface area contributed by atoms with Crippen LogP contribution < -0.4 is 0 Å². The summed E-state index contributed by atoms with van der Waals surface area (Å²) in [5, 5.41) is 12.5. The average Bonchev–Trinajstić information content (AvgIpc) is 2.84. The van der Waals surface area contributed by atoms with Gasteiger partial charge >= 0.3 is 5.97 Å². The van der Waals surface area contributed by atoms with E-state index in [0.717, 1.165) is 5.56 Å². The zero-order valence-corrected chi connectivity index (χ0v) is 12.0. The molecule has 0 aliphatic heterocycles. The van der Waals surface area contributed by atoms with E-state index in [9.17, 15) is 4.79 Å². The molecule has 1 heterocycles. The minimum Gasteiger partial charge on any atom is -0.481 e. The first-order valence-corrected chi connectivity index (χ1v) is 6.64. The molecule has 4 heteroatoms. The first kappa shape index (κ1) is 14.3. The molecule has 2 aromatic rings. The monoisotopic (exact) mass is 273 g/mol. The van der Waals surface area contributed by atoms with Gasteiger partial charge in [-0.2, -0.15) is 0 Å². The van der Waals surface area contributed by atoms with E-state index < -0.39 is 5.97 Å². The van der Waals surface area contributed by atoms with E-state index in [1.165, 1.54) is 5.56 Å². The maximum absolute atomic E-state index is 10.5. The van der Waals surface area contributed by atoms with Crippen LogP contribution in [0.4, 0.5) is 0 Å². The Bertz CT molecular complexity index is 591. The van der Waals surface area contributed by atoms with Crippen molar-refractivity contribution in [3.8, 4) is 11.3 Å². The van der Waals surface area contributed by atoms with Crippen LogP contribution in [-0.4, -0.2) is 16.2 Å². The van der Waals surface area contributed by atoms with Crippen LogP contribution >= 0.6 is 0 Å². The second-order valence-electron chi connectivity index (χ2n) is 5.90. The summed E-state index contributed by atoms with van der Waals surface area (Å²) in [5.74, 6) is -0.157. The molecule has 1 aromatic heterocycles. The second-order valence-corrected chi connectivity index (χ2v) is 5.90. The number of aromatic nitrogens is 1. The Balaban J connectivity index is 2.14. The molecule has 0 spiro atoms. The molecule has 106 valence electrons. The molecular weight excluding hydrogens is 254 g/mol. The van der Waals surface area contributed by atoms with Crippen molar-refractivity contribution in [2.45, 2.75) is 39.0 Å². The van der Waals surface area contributed by atoms with Gasteiger partial charge in [-0.05, 0) is 11.0 Å². The largest absolute Gasteiger partial charge is 0.481 e. The highest BCUT2D eigenvalue weighted by Gasteiger charge is 2.14. The van der Waals surface area contributed by atoms with Gasteiger partial charge < -0.3 is 9.63 Å². The Hall–Kier alpha value is -2.10. The fraction of sp³-hybridized carbons (Fsp3) is 0.375. The smallest absolute Gasteiger partial charge is 0.303 e. The molecule has 2 rings (SSSR count). The first-order chi connectivity index (χ1) is 9.36. The van der Waals surface area contributed by atoms with Gasteiger partial charge in [0.2, 0.25) is 0 Å². The summed E-state index contributed by atoms with van der Waals surface area (Å²) in [6.45, 7) is 6.50. The van der Waals surface area contributed by atoms with Crippen molar-refractivity contribution in [3.05, 3.63) is 41.6 Å². The standard InChI is InChI=1S/C16H19NO3/c1-16(2,3)12-6-4-11(5-7-12)14-10-13(17-20-14)8-9-15(18)19/h4-7,10H,8-9H2,1-3H3,(H,18,19). The number of rotatable bonds is 4. The summed E-state index contributed by atoms with van der Waals surface area (Å²) in [6, 6.07) is 9.96. The first-order valence-electron chi connectivity index (χ1n) is 6.64. The zero-order valence-electron chi connectivity index (χ0n) is 12.0. The van der Waals surface area contributed by atoms with Gasteiger partial charge in [-0.1, -0.05) is 50.2 Å². The molecule has 0 amide bonds. The van der Waals surface area contributed by atoms with Gasteiger partial charge in [-0.15, -0.1) is 0 Å². The van der Waals surface area contributed by atoms with E-state index in [2.05, 4.69) is 38.1 Å². The third kappa shape index (κ3) is 3.47. The molecule has 0 saturated heterocycles. The van der Waals surface area contributed by atoms with E-state index in [1.807, 2.05) is 12.1 Å². The lowest BCUT2D eigenvalue weighted by Crippen LogP contribution is -2.10. The molecule has 0 radical (unpaired) electrons. The van der Waals surface area contributed by atoms with Gasteiger partial charge in [0.15, 0.2) is 5.76 Å². The molecule has 0 bridgehead atoms. The van der Waals surface area contributed by atoms with Crippen LogP contribution in [0.15, 0.2) is 34.9 Å². The number of carboxylic acid groups (broad SMARTS) is 1. The molecule has 1 N–H and O–H groups in total. The SMILES string of the molecule is CC(C)(C)c1ccc(-c2cc(CCC(=O)O)no2)cc1. The molecule has 0 saturated carbocycles. The van der Waals surface area contributed by atoms with Gasteiger partial charge in [0.1, 0.15) is 0 Å². The minimum absolute atomic E-state index is 0.0644. The zero-order chi connectivity index (χ0) is 14.8. The lowest BCUT2D eigenvalue weighted by Gasteiger charge is -2.18. The van der Waals surface area contributed by atoms with Crippen LogP contribution in [0.3, 0.4) is 0 Å². The van der Waals surface area contributed by atoms with E-state index in [-0.39, 0.29) is 11.8 Å². The van der Waals surface area contributed by atoms with Crippen molar-refractivity contribution in [2.75, 3.05) is 0 Å². The van der Waals surface area contributed by atoms with E-state index in [0.29, 0.717) is 17.9 Å². The molecule has 0 aliphatic rings. The summed E-state index contributed by atoms with van der Waals surface area (Å²) in [4.78, 5) is 10.5. The average molecular weight is 273 g/mol. The van der Waals surface area contributed by atoms with Crippen LogP contribution in [0.1, 0.15) is 38.4 Å². The van der Waals surface area contributed by atoms with Crippen molar-refractivity contribution in [3.63, 3.8) is 0 Å². The Morgan fingerprint density at radius 3 is 2.45 bits per heavy atom. The quantitative estimate of drug-likeness (QED) is 0.923. The second kappa shape index (κ2) is 5.49. The maximum Gasteiger partial charge on any atom is 0.303 e.